The van der Waals surface area contributed by atoms with Crippen molar-refractivity contribution in [3.63, 3.8) is 0 Å². The molecular weight excluding hydrogens is 350 g/mol. The number of anilines is 1. The van der Waals surface area contributed by atoms with Crippen LogP contribution in [0.5, 0.6) is 0 Å². The third kappa shape index (κ3) is 4.86. The van der Waals surface area contributed by atoms with Crippen LogP contribution in [0.15, 0.2) is 24.3 Å². The summed E-state index contributed by atoms with van der Waals surface area (Å²) in [7, 11) is 0. The second kappa shape index (κ2) is 8.54. The van der Waals surface area contributed by atoms with E-state index in [1.165, 1.54) is 0 Å². The van der Waals surface area contributed by atoms with Crippen molar-refractivity contribution in [2.75, 3.05) is 31.1 Å². The first-order chi connectivity index (χ1) is 13.3. The average molecular weight is 386 g/mol. The van der Waals surface area contributed by atoms with Gasteiger partial charge in [0.2, 0.25) is 5.91 Å². The fourth-order valence-corrected chi connectivity index (χ4v) is 3.98. The summed E-state index contributed by atoms with van der Waals surface area (Å²) in [5.74, 6) is 0.980. The van der Waals surface area contributed by atoms with Crippen molar-refractivity contribution in [3.05, 3.63) is 29.8 Å². The van der Waals surface area contributed by atoms with E-state index >= 15 is 0 Å². The van der Waals surface area contributed by atoms with Crippen molar-refractivity contribution in [2.45, 2.75) is 59.4 Å². The zero-order valence-corrected chi connectivity index (χ0v) is 17.8. The van der Waals surface area contributed by atoms with Crippen LogP contribution in [0.1, 0.15) is 63.7 Å². The third-order valence-electron chi connectivity index (χ3n) is 6.06. The monoisotopic (exact) mass is 385 g/mol. The Balaban J connectivity index is 1.64. The molecule has 2 fully saturated rings. The number of amides is 2. The Hall–Kier alpha value is -2.04. The van der Waals surface area contributed by atoms with Crippen LogP contribution in [0.3, 0.4) is 0 Å². The van der Waals surface area contributed by atoms with Crippen molar-refractivity contribution in [2.24, 2.45) is 11.3 Å². The molecule has 1 aromatic carbocycles. The molecule has 3 rings (SSSR count). The van der Waals surface area contributed by atoms with E-state index in [-0.39, 0.29) is 23.3 Å². The van der Waals surface area contributed by atoms with Gasteiger partial charge in [-0.2, -0.15) is 0 Å². The van der Waals surface area contributed by atoms with E-state index in [4.69, 9.17) is 0 Å². The molecule has 2 amide bonds. The van der Waals surface area contributed by atoms with Gasteiger partial charge in [0.1, 0.15) is 0 Å². The predicted molar refractivity (Wildman–Crippen MR) is 114 cm³/mol. The first-order valence-electron chi connectivity index (χ1n) is 10.7. The number of benzene rings is 1. The first kappa shape index (κ1) is 20.7. The van der Waals surface area contributed by atoms with Crippen LogP contribution in [0.2, 0.25) is 0 Å². The summed E-state index contributed by atoms with van der Waals surface area (Å²) < 4.78 is 0. The summed E-state index contributed by atoms with van der Waals surface area (Å²) >= 11 is 0. The van der Waals surface area contributed by atoms with Gasteiger partial charge in [-0.3, -0.25) is 9.59 Å². The molecule has 0 spiro atoms. The molecule has 0 saturated carbocycles. The Bertz CT molecular complexity index is 694. The number of hydrogen-bond donors (Lipinski definition) is 1. The largest absolute Gasteiger partial charge is 0.371 e. The van der Waals surface area contributed by atoms with Gasteiger partial charge in [0, 0.05) is 43.3 Å². The van der Waals surface area contributed by atoms with Gasteiger partial charge in [-0.15, -0.1) is 0 Å². The predicted octanol–water partition coefficient (Wildman–Crippen LogP) is 3.69. The Morgan fingerprint density at radius 1 is 0.964 bits per heavy atom. The van der Waals surface area contributed by atoms with Crippen LogP contribution < -0.4 is 10.2 Å². The third-order valence-corrected chi connectivity index (χ3v) is 6.06. The molecule has 0 unspecified atom stereocenters. The number of carbonyl (C=O) groups is 2. The smallest absolute Gasteiger partial charge is 0.255 e. The quantitative estimate of drug-likeness (QED) is 0.863. The summed E-state index contributed by atoms with van der Waals surface area (Å²) in [5.41, 5.74) is 1.49. The first-order valence-corrected chi connectivity index (χ1v) is 10.7. The van der Waals surface area contributed by atoms with Gasteiger partial charge in [-0.05, 0) is 43.7 Å². The van der Waals surface area contributed by atoms with E-state index in [9.17, 15) is 9.59 Å². The zero-order chi connectivity index (χ0) is 20.3. The maximum Gasteiger partial charge on any atom is 0.255 e. The minimum Gasteiger partial charge on any atom is -0.371 e. The van der Waals surface area contributed by atoms with Crippen LogP contribution in [0, 0.1) is 11.3 Å². The maximum atomic E-state index is 13.1. The van der Waals surface area contributed by atoms with Gasteiger partial charge in [-0.25, -0.2) is 0 Å². The van der Waals surface area contributed by atoms with Gasteiger partial charge >= 0.3 is 0 Å². The fraction of sp³-hybridized carbons (Fsp3) is 0.652. The molecule has 0 atom stereocenters. The highest BCUT2D eigenvalue weighted by Crippen LogP contribution is 2.27. The molecule has 5 nitrogen and oxygen atoms in total. The summed E-state index contributed by atoms with van der Waals surface area (Å²) in [6.45, 7) is 11.5. The molecule has 2 saturated heterocycles. The number of likely N-dealkylation sites (tertiary alicyclic amines) is 1. The molecule has 0 bridgehead atoms. The fourth-order valence-electron chi connectivity index (χ4n) is 3.98. The summed E-state index contributed by atoms with van der Waals surface area (Å²) in [5, 5.41) is 3.18. The number of rotatable bonds is 3. The second-order valence-corrected chi connectivity index (χ2v) is 9.48. The van der Waals surface area contributed by atoms with Gasteiger partial charge in [0.25, 0.3) is 5.91 Å². The van der Waals surface area contributed by atoms with E-state index < -0.39 is 0 Å². The number of nitrogens with zero attached hydrogens (tertiary/aromatic N) is 2. The summed E-state index contributed by atoms with van der Waals surface area (Å²) in [6, 6.07) is 8.21. The lowest BCUT2D eigenvalue weighted by Crippen LogP contribution is -2.48. The number of piperidine rings is 2. The van der Waals surface area contributed by atoms with Gasteiger partial charge < -0.3 is 15.1 Å². The Kier molecular flexibility index (Phi) is 6.31. The molecule has 0 aromatic heterocycles. The zero-order valence-electron chi connectivity index (χ0n) is 17.8. The van der Waals surface area contributed by atoms with Crippen molar-refractivity contribution in [1.82, 2.24) is 10.2 Å². The van der Waals surface area contributed by atoms with Crippen LogP contribution in [0.25, 0.3) is 0 Å². The van der Waals surface area contributed by atoms with Crippen molar-refractivity contribution >= 4 is 17.5 Å². The Labute approximate surface area is 169 Å². The molecule has 0 radical (unpaired) electrons. The van der Waals surface area contributed by atoms with Crippen LogP contribution in [-0.4, -0.2) is 48.9 Å². The molecule has 28 heavy (non-hydrogen) atoms. The van der Waals surface area contributed by atoms with Crippen LogP contribution >= 0.6 is 0 Å². The lowest BCUT2D eigenvalue weighted by Gasteiger charge is -2.37. The van der Waals surface area contributed by atoms with Crippen molar-refractivity contribution < 1.29 is 9.59 Å². The molecule has 1 N–H and O–H groups in total. The van der Waals surface area contributed by atoms with E-state index in [0.717, 1.165) is 63.1 Å². The maximum absolute atomic E-state index is 13.1. The van der Waals surface area contributed by atoms with E-state index in [0.29, 0.717) is 5.92 Å². The topological polar surface area (TPSA) is 52.7 Å². The average Bonchev–Trinajstić information content (AvgIpc) is 2.68. The van der Waals surface area contributed by atoms with E-state index in [1.54, 1.807) is 0 Å². The number of hydrogen-bond acceptors (Lipinski definition) is 3. The molecular formula is C23H35N3O2. The van der Waals surface area contributed by atoms with Gasteiger partial charge in [0.05, 0.1) is 5.56 Å². The number of para-hydroxylation sites is 1. The highest BCUT2D eigenvalue weighted by molar-refractivity contribution is 6.00. The van der Waals surface area contributed by atoms with Gasteiger partial charge in [0.15, 0.2) is 0 Å². The highest BCUT2D eigenvalue weighted by atomic mass is 16.2. The molecule has 2 aliphatic rings. The lowest BCUT2D eigenvalue weighted by atomic mass is 9.94. The standard InChI is InChI=1S/C23H35N3O2/c1-17-9-13-26(14-10-17)21(27)19-7-5-6-8-20(19)25-15-11-18(12-16-25)24-22(28)23(2,3)4/h5-8,17-18H,9-16H2,1-4H3,(H,24,28). The molecule has 0 aliphatic carbocycles. The molecule has 2 aliphatic heterocycles. The van der Waals surface area contributed by atoms with Crippen LogP contribution in [0.4, 0.5) is 5.69 Å². The Morgan fingerprint density at radius 3 is 2.18 bits per heavy atom. The summed E-state index contributed by atoms with van der Waals surface area (Å²) in [4.78, 5) is 29.7. The molecule has 5 heteroatoms. The van der Waals surface area contributed by atoms with Crippen molar-refractivity contribution in [1.29, 1.82) is 0 Å². The Morgan fingerprint density at radius 2 is 1.57 bits per heavy atom. The minimum absolute atomic E-state index is 0.112. The van der Waals surface area contributed by atoms with Crippen molar-refractivity contribution in [3.8, 4) is 0 Å². The summed E-state index contributed by atoms with van der Waals surface area (Å²) in [6.07, 6.45) is 4.00. The normalized spacial score (nSPS) is 19.6. The SMILES string of the molecule is CC1CCN(C(=O)c2ccccc2N2CCC(NC(=O)C(C)(C)C)CC2)CC1. The number of carbonyl (C=O) groups excluding carboxylic acids is 2. The highest BCUT2D eigenvalue weighted by Gasteiger charge is 2.29. The minimum atomic E-state index is -0.359. The molecule has 2 heterocycles. The molecule has 154 valence electrons. The molecule has 1 aromatic rings. The number of nitrogens with one attached hydrogen (secondary N) is 1. The lowest BCUT2D eigenvalue weighted by molar-refractivity contribution is -0.129. The van der Waals surface area contributed by atoms with E-state index in [1.807, 2.05) is 43.9 Å². The van der Waals surface area contributed by atoms with E-state index in [2.05, 4.69) is 23.2 Å². The van der Waals surface area contributed by atoms with Gasteiger partial charge in [-0.1, -0.05) is 39.8 Å². The second-order valence-electron chi connectivity index (χ2n) is 9.48. The van der Waals surface area contributed by atoms with Crippen LogP contribution in [-0.2, 0) is 4.79 Å².